The predicted molar refractivity (Wildman–Crippen MR) is 116 cm³/mol. The highest BCUT2D eigenvalue weighted by atomic mass is 35.5. The molecule has 156 valence electrons. The summed E-state index contributed by atoms with van der Waals surface area (Å²) in [5.41, 5.74) is 1.67. The zero-order chi connectivity index (χ0) is 20.9. The van der Waals surface area contributed by atoms with Crippen LogP contribution in [-0.4, -0.2) is 41.2 Å². The molecule has 2 aromatic rings. The van der Waals surface area contributed by atoms with Crippen molar-refractivity contribution in [2.24, 2.45) is 5.92 Å². The van der Waals surface area contributed by atoms with Crippen molar-refractivity contribution in [2.45, 2.75) is 45.3 Å². The number of nitrogens with one attached hydrogen (secondary N) is 1. The monoisotopic (exact) mass is 415 g/mol. The molecule has 29 heavy (non-hydrogen) atoms. The molecule has 1 N–H and O–H groups in total. The Bertz CT molecular complexity index is 782. The summed E-state index contributed by atoms with van der Waals surface area (Å²) in [6.45, 7) is 8.03. The maximum absolute atomic E-state index is 12.3. The van der Waals surface area contributed by atoms with E-state index >= 15 is 0 Å². The normalized spacial score (nSPS) is 16.5. The molecule has 1 unspecified atom stereocenters. The van der Waals surface area contributed by atoms with Crippen LogP contribution in [-0.2, 0) is 4.74 Å². The van der Waals surface area contributed by atoms with Gasteiger partial charge in [0, 0.05) is 24.3 Å². The average Bonchev–Trinajstić information content (AvgIpc) is 2.69. The van der Waals surface area contributed by atoms with Gasteiger partial charge < -0.3 is 15.0 Å². The largest absolute Gasteiger partial charge is 0.444 e. The minimum atomic E-state index is -0.454. The lowest BCUT2D eigenvalue weighted by atomic mass is 9.95. The van der Waals surface area contributed by atoms with Crippen LogP contribution in [0.25, 0.3) is 0 Å². The number of aromatic nitrogens is 1. The lowest BCUT2D eigenvalue weighted by molar-refractivity contribution is 0.0183. The Hall–Kier alpha value is -2.11. The van der Waals surface area contributed by atoms with E-state index < -0.39 is 5.60 Å². The molecule has 2 heterocycles. The first-order chi connectivity index (χ1) is 13.8. The molecule has 0 aliphatic carbocycles. The Morgan fingerprint density at radius 2 is 1.90 bits per heavy atom. The highest BCUT2D eigenvalue weighted by Crippen LogP contribution is 2.24. The fraction of sp³-hybridized carbons (Fsp3) is 0.478. The van der Waals surface area contributed by atoms with Crippen LogP contribution in [0, 0.1) is 5.92 Å². The number of hydrogen-bond donors (Lipinski definition) is 1. The molecule has 0 spiro atoms. The maximum atomic E-state index is 12.3. The number of likely N-dealkylation sites (tertiary alicyclic amines) is 1. The number of ether oxygens (including phenoxy) is 1. The van der Waals surface area contributed by atoms with Crippen LogP contribution in [0.5, 0.6) is 0 Å². The molecular weight excluding hydrogens is 386 g/mol. The van der Waals surface area contributed by atoms with E-state index in [0.29, 0.717) is 5.92 Å². The molecular formula is C23H30ClN3O2. The summed E-state index contributed by atoms with van der Waals surface area (Å²) >= 11 is 6.06. The van der Waals surface area contributed by atoms with Crippen molar-refractivity contribution in [2.75, 3.05) is 19.6 Å². The molecule has 1 aliphatic heterocycles. The second kappa shape index (κ2) is 9.59. The van der Waals surface area contributed by atoms with Crippen molar-refractivity contribution in [3.05, 3.63) is 64.9 Å². The van der Waals surface area contributed by atoms with Gasteiger partial charge in [0.25, 0.3) is 0 Å². The van der Waals surface area contributed by atoms with E-state index in [1.54, 1.807) is 0 Å². The van der Waals surface area contributed by atoms with Crippen molar-refractivity contribution in [3.63, 3.8) is 0 Å². The van der Waals surface area contributed by atoms with E-state index in [0.717, 1.165) is 48.8 Å². The maximum Gasteiger partial charge on any atom is 0.410 e. The van der Waals surface area contributed by atoms with Gasteiger partial charge in [-0.1, -0.05) is 29.8 Å². The van der Waals surface area contributed by atoms with Crippen LogP contribution in [0.4, 0.5) is 4.79 Å². The van der Waals surface area contributed by atoms with E-state index in [-0.39, 0.29) is 12.1 Å². The minimum absolute atomic E-state index is 0.0114. The molecule has 1 aromatic heterocycles. The van der Waals surface area contributed by atoms with Gasteiger partial charge in [-0.25, -0.2) is 4.79 Å². The molecule has 1 aromatic carbocycles. The molecule has 1 saturated heterocycles. The lowest BCUT2D eigenvalue weighted by Gasteiger charge is -2.34. The third-order valence-electron chi connectivity index (χ3n) is 5.06. The number of carbonyl (C=O) groups excluding carboxylic acids is 1. The highest BCUT2D eigenvalue weighted by Gasteiger charge is 2.27. The number of piperidine rings is 1. The molecule has 0 radical (unpaired) electrons. The number of rotatable bonds is 5. The third kappa shape index (κ3) is 6.44. The molecule has 1 fully saturated rings. The molecule has 3 rings (SSSR count). The van der Waals surface area contributed by atoms with Crippen molar-refractivity contribution in [1.82, 2.24) is 15.2 Å². The second-order valence-corrected chi connectivity index (χ2v) is 8.99. The fourth-order valence-corrected chi connectivity index (χ4v) is 3.65. The molecule has 1 atom stereocenters. The van der Waals surface area contributed by atoms with Crippen molar-refractivity contribution in [3.8, 4) is 0 Å². The van der Waals surface area contributed by atoms with Crippen LogP contribution in [0.15, 0.2) is 48.7 Å². The van der Waals surface area contributed by atoms with Crippen molar-refractivity contribution < 1.29 is 9.53 Å². The number of benzene rings is 1. The van der Waals surface area contributed by atoms with Crippen LogP contribution < -0.4 is 5.32 Å². The molecule has 1 aliphatic rings. The number of halogens is 1. The third-order valence-corrected chi connectivity index (χ3v) is 5.32. The van der Waals surface area contributed by atoms with E-state index in [1.807, 2.05) is 74.3 Å². The number of amides is 1. The summed E-state index contributed by atoms with van der Waals surface area (Å²) in [5, 5.41) is 4.41. The van der Waals surface area contributed by atoms with Gasteiger partial charge >= 0.3 is 6.09 Å². The molecule has 5 nitrogen and oxygen atoms in total. The van der Waals surface area contributed by atoms with E-state index in [2.05, 4.69) is 10.3 Å². The SMILES string of the molecule is CC(C)(C)OC(=O)N1CCC(CNC(c2ccc(Cl)cc2)c2ccccn2)CC1. The Morgan fingerprint density at radius 1 is 1.21 bits per heavy atom. The molecule has 1 amide bonds. The zero-order valence-corrected chi connectivity index (χ0v) is 18.2. The van der Waals surface area contributed by atoms with Gasteiger partial charge in [0.15, 0.2) is 0 Å². The summed E-state index contributed by atoms with van der Waals surface area (Å²) in [5.74, 6) is 0.507. The molecule has 0 saturated carbocycles. The predicted octanol–water partition coefficient (Wildman–Crippen LogP) is 5.06. The van der Waals surface area contributed by atoms with E-state index in [1.165, 1.54) is 0 Å². The quantitative estimate of drug-likeness (QED) is 0.741. The Balaban J connectivity index is 1.58. The summed E-state index contributed by atoms with van der Waals surface area (Å²) < 4.78 is 5.49. The number of nitrogens with zero attached hydrogens (tertiary/aromatic N) is 2. The summed E-state index contributed by atoms with van der Waals surface area (Å²) in [6, 6.07) is 13.9. The Labute approximate surface area is 178 Å². The highest BCUT2D eigenvalue weighted by molar-refractivity contribution is 6.30. The zero-order valence-electron chi connectivity index (χ0n) is 17.4. The van der Waals surface area contributed by atoms with Gasteiger partial charge in [-0.3, -0.25) is 4.98 Å². The van der Waals surface area contributed by atoms with Gasteiger partial charge in [-0.15, -0.1) is 0 Å². The Morgan fingerprint density at radius 3 is 2.48 bits per heavy atom. The van der Waals surface area contributed by atoms with Crippen LogP contribution in [0.3, 0.4) is 0 Å². The first-order valence-corrected chi connectivity index (χ1v) is 10.6. The topological polar surface area (TPSA) is 54.5 Å². The minimum Gasteiger partial charge on any atom is -0.444 e. The van der Waals surface area contributed by atoms with Gasteiger partial charge in [-0.05, 0) is 75.9 Å². The number of hydrogen-bond acceptors (Lipinski definition) is 4. The second-order valence-electron chi connectivity index (χ2n) is 8.56. The standard InChI is InChI=1S/C23H30ClN3O2/c1-23(2,3)29-22(28)27-14-11-17(12-15-27)16-26-21(20-6-4-5-13-25-20)18-7-9-19(24)10-8-18/h4-10,13,17,21,26H,11-12,14-16H2,1-3H3. The summed E-state index contributed by atoms with van der Waals surface area (Å²) in [7, 11) is 0. The summed E-state index contributed by atoms with van der Waals surface area (Å²) in [6.07, 6.45) is 3.53. The Kier molecular flexibility index (Phi) is 7.14. The van der Waals surface area contributed by atoms with Crippen LogP contribution in [0.2, 0.25) is 5.02 Å². The van der Waals surface area contributed by atoms with Crippen LogP contribution in [0.1, 0.15) is 50.9 Å². The first-order valence-electron chi connectivity index (χ1n) is 10.2. The van der Waals surface area contributed by atoms with Crippen molar-refractivity contribution in [1.29, 1.82) is 0 Å². The average molecular weight is 416 g/mol. The molecule has 6 heteroatoms. The summed E-state index contributed by atoms with van der Waals surface area (Å²) in [4.78, 5) is 18.6. The molecule has 0 bridgehead atoms. The number of carbonyl (C=O) groups is 1. The smallest absolute Gasteiger partial charge is 0.410 e. The van der Waals surface area contributed by atoms with Crippen LogP contribution >= 0.6 is 11.6 Å². The van der Waals surface area contributed by atoms with E-state index in [9.17, 15) is 4.79 Å². The lowest BCUT2D eigenvalue weighted by Crippen LogP contribution is -2.43. The van der Waals surface area contributed by atoms with Gasteiger partial charge in [-0.2, -0.15) is 0 Å². The van der Waals surface area contributed by atoms with Gasteiger partial charge in [0.2, 0.25) is 0 Å². The fourth-order valence-electron chi connectivity index (χ4n) is 3.53. The van der Waals surface area contributed by atoms with Crippen molar-refractivity contribution >= 4 is 17.7 Å². The van der Waals surface area contributed by atoms with Gasteiger partial charge in [0.05, 0.1) is 11.7 Å². The van der Waals surface area contributed by atoms with E-state index in [4.69, 9.17) is 16.3 Å². The first kappa shape index (κ1) is 21.6. The van der Waals surface area contributed by atoms with Gasteiger partial charge in [0.1, 0.15) is 5.60 Å². The number of pyridine rings is 1.